The molecule has 2 aliphatic rings. The van der Waals surface area contributed by atoms with E-state index in [1.165, 1.54) is 24.1 Å². The number of hydrogen-bond donors (Lipinski definition) is 0. The minimum Gasteiger partial charge on any atom is -0.308 e. The van der Waals surface area contributed by atoms with Gasteiger partial charge in [0.05, 0.1) is 6.04 Å². The van der Waals surface area contributed by atoms with Gasteiger partial charge in [-0.1, -0.05) is 36.4 Å². The molecule has 0 saturated carbocycles. The zero-order valence-corrected chi connectivity index (χ0v) is 16.6. The summed E-state index contributed by atoms with van der Waals surface area (Å²) in [7, 11) is 4.22. The number of piperidine rings is 1. The first-order chi connectivity index (χ1) is 13.1. The highest BCUT2D eigenvalue weighted by Crippen LogP contribution is 2.41. The van der Waals surface area contributed by atoms with Gasteiger partial charge in [-0.15, -0.1) is 0 Å². The average Bonchev–Trinajstić information content (AvgIpc) is 2.66. The molecule has 4 rings (SSSR count). The van der Waals surface area contributed by atoms with E-state index in [1.54, 1.807) is 6.07 Å². The van der Waals surface area contributed by atoms with Gasteiger partial charge >= 0.3 is 0 Å². The van der Waals surface area contributed by atoms with E-state index in [0.717, 1.165) is 32.6 Å². The largest absolute Gasteiger partial charge is 0.308 e. The summed E-state index contributed by atoms with van der Waals surface area (Å²) in [5.74, 6) is 1.06. The fourth-order valence-corrected chi connectivity index (χ4v) is 5.08. The molecule has 0 N–H and O–H groups in total. The van der Waals surface area contributed by atoms with Crippen molar-refractivity contribution in [3.63, 3.8) is 0 Å². The first-order valence-electron chi connectivity index (χ1n) is 10.2. The molecule has 0 radical (unpaired) electrons. The van der Waals surface area contributed by atoms with Crippen molar-refractivity contribution < 1.29 is 0 Å². The van der Waals surface area contributed by atoms with E-state index < -0.39 is 0 Å². The number of hydrogen-bond acceptors (Lipinski definition) is 3. The lowest BCUT2D eigenvalue weighted by molar-refractivity contribution is 0.0782. The number of aromatic nitrogens is 1. The zero-order valence-electron chi connectivity index (χ0n) is 16.6. The molecule has 1 aromatic heterocycles. The van der Waals surface area contributed by atoms with Crippen LogP contribution in [-0.2, 0) is 6.42 Å². The molecule has 3 atom stereocenters. The lowest BCUT2D eigenvalue weighted by Gasteiger charge is -2.47. The van der Waals surface area contributed by atoms with Gasteiger partial charge in [0.15, 0.2) is 0 Å². The van der Waals surface area contributed by atoms with Crippen LogP contribution in [-0.4, -0.2) is 54.6 Å². The average molecular weight is 366 g/mol. The first-order valence-corrected chi connectivity index (χ1v) is 10.2. The molecular weight excluding hydrogens is 334 g/mol. The Kier molecular flexibility index (Phi) is 5.46. The van der Waals surface area contributed by atoms with Crippen molar-refractivity contribution in [1.29, 1.82) is 0 Å². The van der Waals surface area contributed by atoms with E-state index in [0.29, 0.717) is 11.8 Å². The third-order valence-corrected chi connectivity index (χ3v) is 6.21. The second kappa shape index (κ2) is 7.99. The van der Waals surface area contributed by atoms with Gasteiger partial charge in [0, 0.05) is 37.3 Å². The molecule has 3 heterocycles. The van der Waals surface area contributed by atoms with Crippen molar-refractivity contribution in [3.8, 4) is 0 Å². The number of nitrogens with zero attached hydrogens (tertiary/aromatic N) is 3. The Morgan fingerprint density at radius 1 is 1.04 bits per heavy atom. The quantitative estimate of drug-likeness (QED) is 0.788. The Bertz CT molecular complexity index is 814. The molecular formula is C23H31N3O. The summed E-state index contributed by atoms with van der Waals surface area (Å²) in [5.41, 5.74) is 2.85. The minimum absolute atomic E-state index is 0.173. The molecule has 2 bridgehead atoms. The van der Waals surface area contributed by atoms with Crippen LogP contribution in [0.2, 0.25) is 0 Å². The monoisotopic (exact) mass is 365 g/mol. The van der Waals surface area contributed by atoms with Gasteiger partial charge < -0.3 is 14.4 Å². The molecule has 4 nitrogen and oxygen atoms in total. The molecule has 0 spiro atoms. The van der Waals surface area contributed by atoms with E-state index in [9.17, 15) is 4.79 Å². The maximum Gasteiger partial charge on any atom is 0.251 e. The summed E-state index contributed by atoms with van der Waals surface area (Å²) in [5, 5.41) is 0. The minimum atomic E-state index is 0.173. The Labute approximate surface area is 162 Å². The Morgan fingerprint density at radius 3 is 2.63 bits per heavy atom. The number of benzene rings is 1. The van der Waals surface area contributed by atoms with Gasteiger partial charge in [0.1, 0.15) is 0 Å². The number of likely N-dealkylation sites (tertiary alicyclic amines) is 1. The van der Waals surface area contributed by atoms with Crippen LogP contribution >= 0.6 is 0 Å². The molecule has 2 aromatic rings. The lowest BCUT2D eigenvalue weighted by atomic mass is 9.78. The van der Waals surface area contributed by atoms with Crippen LogP contribution in [0.1, 0.15) is 36.1 Å². The maximum absolute atomic E-state index is 12.6. The smallest absolute Gasteiger partial charge is 0.251 e. The lowest BCUT2D eigenvalue weighted by Crippen LogP contribution is -2.51. The van der Waals surface area contributed by atoms with E-state index in [4.69, 9.17) is 0 Å². The Hall–Kier alpha value is -1.91. The summed E-state index contributed by atoms with van der Waals surface area (Å²) < 4.78 is 2.11. The molecule has 1 saturated heterocycles. The summed E-state index contributed by atoms with van der Waals surface area (Å²) in [6, 6.07) is 16.9. The summed E-state index contributed by atoms with van der Waals surface area (Å²) in [6.45, 7) is 4.29. The van der Waals surface area contributed by atoms with Gasteiger partial charge in [0.25, 0.3) is 5.56 Å². The molecule has 1 fully saturated rings. The highest BCUT2D eigenvalue weighted by atomic mass is 16.1. The second-order valence-corrected chi connectivity index (χ2v) is 8.53. The standard InChI is InChI=1S/C23H31N3O/c1-24(2)17-22-20-14-19(21-11-6-12-23(27)26(21)22)15-25(16-20)13-7-10-18-8-4-3-5-9-18/h3-6,8-9,11-12,19-20,22H,7,10,13-17H2,1-2H3/t19-,20+,22+/m1/s1. The SMILES string of the molecule is CN(C)C[C@H]1[C@H]2C[C@H](CN(CCCc3ccccc3)C2)c2cccc(=O)n21. The van der Waals surface area contributed by atoms with Crippen molar-refractivity contribution in [2.24, 2.45) is 5.92 Å². The summed E-state index contributed by atoms with van der Waals surface area (Å²) in [6.07, 6.45) is 3.56. The van der Waals surface area contributed by atoms with Gasteiger partial charge in [-0.25, -0.2) is 0 Å². The molecule has 27 heavy (non-hydrogen) atoms. The van der Waals surface area contributed by atoms with Crippen LogP contribution in [0.3, 0.4) is 0 Å². The van der Waals surface area contributed by atoms with Crippen LogP contribution in [0.15, 0.2) is 53.3 Å². The van der Waals surface area contributed by atoms with Crippen molar-refractivity contribution in [2.75, 3.05) is 40.3 Å². The van der Waals surface area contributed by atoms with Gasteiger partial charge in [-0.2, -0.15) is 0 Å². The molecule has 0 aliphatic carbocycles. The third kappa shape index (κ3) is 4.02. The number of aryl methyl sites for hydroxylation is 1. The molecule has 1 aromatic carbocycles. The zero-order chi connectivity index (χ0) is 18.8. The molecule has 0 amide bonds. The molecule has 0 unspecified atom stereocenters. The predicted molar refractivity (Wildman–Crippen MR) is 110 cm³/mol. The Balaban J connectivity index is 1.49. The highest BCUT2D eigenvalue weighted by molar-refractivity contribution is 5.19. The van der Waals surface area contributed by atoms with Gasteiger partial charge in [-0.05, 0) is 57.5 Å². The van der Waals surface area contributed by atoms with Crippen LogP contribution in [0.4, 0.5) is 0 Å². The van der Waals surface area contributed by atoms with Crippen LogP contribution in [0.5, 0.6) is 0 Å². The van der Waals surface area contributed by atoms with Crippen LogP contribution < -0.4 is 5.56 Å². The van der Waals surface area contributed by atoms with Crippen molar-refractivity contribution in [1.82, 2.24) is 14.4 Å². The van der Waals surface area contributed by atoms with Gasteiger partial charge in [-0.3, -0.25) is 4.79 Å². The number of fused-ring (bicyclic) bond motifs is 4. The van der Waals surface area contributed by atoms with Crippen molar-refractivity contribution >= 4 is 0 Å². The van der Waals surface area contributed by atoms with Crippen LogP contribution in [0.25, 0.3) is 0 Å². The fourth-order valence-electron chi connectivity index (χ4n) is 5.08. The number of pyridine rings is 1. The molecule has 4 heteroatoms. The topological polar surface area (TPSA) is 28.5 Å². The summed E-state index contributed by atoms with van der Waals surface area (Å²) >= 11 is 0. The fraction of sp³-hybridized carbons (Fsp3) is 0.522. The maximum atomic E-state index is 12.6. The van der Waals surface area contributed by atoms with Gasteiger partial charge in [0.2, 0.25) is 0 Å². The van der Waals surface area contributed by atoms with E-state index in [-0.39, 0.29) is 11.6 Å². The van der Waals surface area contributed by atoms with Crippen molar-refractivity contribution in [3.05, 3.63) is 70.1 Å². The number of rotatable bonds is 6. The molecule has 2 aliphatic heterocycles. The Morgan fingerprint density at radius 2 is 1.85 bits per heavy atom. The first kappa shape index (κ1) is 18.5. The van der Waals surface area contributed by atoms with Crippen molar-refractivity contribution in [2.45, 2.75) is 31.2 Å². The van der Waals surface area contributed by atoms with E-state index in [1.807, 2.05) is 6.07 Å². The van der Waals surface area contributed by atoms with E-state index in [2.05, 4.69) is 64.9 Å². The molecule has 144 valence electrons. The summed E-state index contributed by atoms with van der Waals surface area (Å²) in [4.78, 5) is 17.5. The number of likely N-dealkylation sites (N-methyl/N-ethyl adjacent to an activating group) is 1. The van der Waals surface area contributed by atoms with E-state index >= 15 is 0 Å². The predicted octanol–water partition coefficient (Wildman–Crippen LogP) is 3.00. The second-order valence-electron chi connectivity index (χ2n) is 8.53. The van der Waals surface area contributed by atoms with Crippen LogP contribution in [0, 0.1) is 5.92 Å². The highest BCUT2D eigenvalue weighted by Gasteiger charge is 2.40. The normalized spacial score (nSPS) is 24.8. The third-order valence-electron chi connectivity index (χ3n) is 6.21.